The highest BCUT2D eigenvalue weighted by Gasteiger charge is 2.21. The molecule has 0 aromatic carbocycles. The summed E-state index contributed by atoms with van der Waals surface area (Å²) in [7, 11) is 0. The van der Waals surface area contributed by atoms with Crippen LogP contribution in [0.1, 0.15) is 46.3 Å². The minimum atomic E-state index is 0.281. The molecule has 1 N–H and O–H groups in total. The first-order valence-corrected chi connectivity index (χ1v) is 7.61. The van der Waals surface area contributed by atoms with Crippen LogP contribution in [0.5, 0.6) is 0 Å². The smallest absolute Gasteiger partial charge is 0.106 e. The van der Waals surface area contributed by atoms with Gasteiger partial charge in [-0.3, -0.25) is 0 Å². The highest BCUT2D eigenvalue weighted by molar-refractivity contribution is 7.09. The van der Waals surface area contributed by atoms with Crippen LogP contribution in [-0.4, -0.2) is 11.5 Å². The largest absolute Gasteiger partial charge is 0.466 e. The Morgan fingerprint density at radius 3 is 2.47 bits per heavy atom. The van der Waals surface area contributed by atoms with E-state index in [1.54, 1.807) is 11.3 Å². The number of nitrogens with one attached hydrogen (secondary N) is 1. The molecule has 0 radical (unpaired) electrons. The number of hydrogen-bond donors (Lipinski definition) is 1. The second kappa shape index (κ2) is 5.88. The minimum Gasteiger partial charge on any atom is -0.466 e. The van der Waals surface area contributed by atoms with Crippen molar-refractivity contribution in [1.29, 1.82) is 0 Å². The van der Waals surface area contributed by atoms with Crippen LogP contribution in [0.25, 0.3) is 0 Å². The average Bonchev–Trinajstić information content (AvgIpc) is 2.84. The van der Waals surface area contributed by atoms with Gasteiger partial charge in [-0.1, -0.05) is 6.92 Å². The van der Waals surface area contributed by atoms with Crippen LogP contribution in [0.4, 0.5) is 0 Å². The second-order valence-corrected chi connectivity index (χ2v) is 5.99. The zero-order valence-corrected chi connectivity index (χ0v) is 13.1. The van der Waals surface area contributed by atoms with Crippen LogP contribution in [0, 0.1) is 27.7 Å². The Balaban J connectivity index is 2.29. The number of nitrogens with zero attached hydrogens (tertiary/aromatic N) is 1. The summed E-state index contributed by atoms with van der Waals surface area (Å²) in [4.78, 5) is 4.57. The summed E-state index contributed by atoms with van der Waals surface area (Å²) < 4.78 is 5.76. The highest BCUT2D eigenvalue weighted by atomic mass is 32.1. The molecule has 2 aromatic rings. The van der Waals surface area contributed by atoms with Gasteiger partial charge in [0.2, 0.25) is 0 Å². The summed E-state index contributed by atoms with van der Waals surface area (Å²) in [6.07, 6.45) is 0.916. The first kappa shape index (κ1) is 14.3. The van der Waals surface area contributed by atoms with Gasteiger partial charge < -0.3 is 9.73 Å². The third kappa shape index (κ3) is 3.07. The Morgan fingerprint density at radius 1 is 1.26 bits per heavy atom. The van der Waals surface area contributed by atoms with Gasteiger partial charge in [0, 0.05) is 23.4 Å². The molecule has 0 amide bonds. The number of aromatic nitrogens is 1. The van der Waals surface area contributed by atoms with E-state index in [2.05, 4.69) is 36.5 Å². The summed E-state index contributed by atoms with van der Waals surface area (Å²) in [5.74, 6) is 2.04. The van der Waals surface area contributed by atoms with Gasteiger partial charge in [-0.05, 0) is 39.8 Å². The maximum Gasteiger partial charge on any atom is 0.106 e. The minimum absolute atomic E-state index is 0.281. The molecule has 2 heterocycles. The summed E-state index contributed by atoms with van der Waals surface area (Å²) in [6, 6.07) is 0.281. The lowest BCUT2D eigenvalue weighted by Crippen LogP contribution is -2.24. The van der Waals surface area contributed by atoms with E-state index in [1.807, 2.05) is 13.8 Å². The number of likely N-dealkylation sites (N-methyl/N-ethyl adjacent to an activating group) is 1. The first-order chi connectivity index (χ1) is 9.02. The van der Waals surface area contributed by atoms with Crippen molar-refractivity contribution in [3.8, 4) is 0 Å². The molecule has 2 aromatic heterocycles. The summed E-state index contributed by atoms with van der Waals surface area (Å²) in [5.41, 5.74) is 3.71. The van der Waals surface area contributed by atoms with E-state index in [-0.39, 0.29) is 6.04 Å². The zero-order valence-electron chi connectivity index (χ0n) is 12.3. The normalized spacial score (nSPS) is 12.9. The summed E-state index contributed by atoms with van der Waals surface area (Å²) in [5, 5.41) is 6.83. The molecule has 0 saturated heterocycles. The molecule has 0 aliphatic rings. The topological polar surface area (TPSA) is 38.1 Å². The fraction of sp³-hybridized carbons (Fsp3) is 0.533. The lowest BCUT2D eigenvalue weighted by molar-refractivity contribution is 0.483. The second-order valence-electron chi connectivity index (χ2n) is 4.93. The zero-order chi connectivity index (χ0) is 14.0. The van der Waals surface area contributed by atoms with Crippen LogP contribution < -0.4 is 5.32 Å². The van der Waals surface area contributed by atoms with Gasteiger partial charge in [-0.2, -0.15) is 0 Å². The molecule has 3 nitrogen and oxygen atoms in total. The molecular formula is C15H22N2OS. The van der Waals surface area contributed by atoms with E-state index < -0.39 is 0 Å². The van der Waals surface area contributed by atoms with E-state index in [0.717, 1.165) is 35.2 Å². The molecule has 19 heavy (non-hydrogen) atoms. The summed E-state index contributed by atoms with van der Waals surface area (Å²) >= 11 is 1.71. The van der Waals surface area contributed by atoms with Gasteiger partial charge in [0.25, 0.3) is 0 Å². The number of thiazole rings is 1. The predicted octanol–water partition coefficient (Wildman–Crippen LogP) is 3.86. The molecule has 2 rings (SSSR count). The van der Waals surface area contributed by atoms with Gasteiger partial charge in [0.15, 0.2) is 0 Å². The Morgan fingerprint density at radius 2 is 2.00 bits per heavy atom. The summed E-state index contributed by atoms with van der Waals surface area (Å²) in [6.45, 7) is 11.3. The van der Waals surface area contributed by atoms with Crippen molar-refractivity contribution in [3.63, 3.8) is 0 Å². The van der Waals surface area contributed by atoms with Crippen LogP contribution in [0.3, 0.4) is 0 Å². The van der Waals surface area contributed by atoms with Crippen molar-refractivity contribution in [2.45, 2.75) is 47.1 Å². The van der Waals surface area contributed by atoms with Crippen LogP contribution >= 0.6 is 11.3 Å². The lowest BCUT2D eigenvalue weighted by Gasteiger charge is -2.17. The Labute approximate surface area is 119 Å². The predicted molar refractivity (Wildman–Crippen MR) is 79.9 cm³/mol. The molecular weight excluding hydrogens is 256 g/mol. The van der Waals surface area contributed by atoms with Gasteiger partial charge >= 0.3 is 0 Å². The maximum atomic E-state index is 5.76. The molecule has 0 fully saturated rings. The molecule has 0 aliphatic heterocycles. The van der Waals surface area contributed by atoms with Gasteiger partial charge in [-0.25, -0.2) is 4.98 Å². The lowest BCUT2D eigenvalue weighted by atomic mass is 9.98. The molecule has 0 spiro atoms. The van der Waals surface area contributed by atoms with Crippen molar-refractivity contribution in [2.24, 2.45) is 0 Å². The van der Waals surface area contributed by atoms with E-state index in [9.17, 15) is 0 Å². The monoisotopic (exact) mass is 278 g/mol. The Hall–Kier alpha value is -1.13. The fourth-order valence-corrected chi connectivity index (χ4v) is 3.18. The molecule has 1 atom stereocenters. The Bertz CT molecular complexity index is 556. The number of hydrogen-bond acceptors (Lipinski definition) is 4. The van der Waals surface area contributed by atoms with E-state index in [1.165, 1.54) is 11.1 Å². The van der Waals surface area contributed by atoms with Gasteiger partial charge in [0.05, 0.1) is 10.7 Å². The van der Waals surface area contributed by atoms with Crippen LogP contribution in [0.2, 0.25) is 0 Å². The van der Waals surface area contributed by atoms with E-state index >= 15 is 0 Å². The van der Waals surface area contributed by atoms with E-state index in [0.29, 0.717) is 0 Å². The van der Waals surface area contributed by atoms with Crippen molar-refractivity contribution in [1.82, 2.24) is 10.3 Å². The first-order valence-electron chi connectivity index (χ1n) is 6.73. The van der Waals surface area contributed by atoms with Crippen LogP contribution in [-0.2, 0) is 6.42 Å². The average molecular weight is 278 g/mol. The number of rotatable bonds is 5. The van der Waals surface area contributed by atoms with Crippen molar-refractivity contribution < 1.29 is 4.42 Å². The van der Waals surface area contributed by atoms with Crippen molar-refractivity contribution >= 4 is 11.3 Å². The number of aryl methyl sites for hydroxylation is 3. The Kier molecular flexibility index (Phi) is 4.42. The van der Waals surface area contributed by atoms with E-state index in [4.69, 9.17) is 4.42 Å². The molecule has 0 saturated carbocycles. The molecule has 104 valence electrons. The standard InChI is InChI=1S/C15H22N2OS/c1-6-16-14(7-13-8-19-12(5)17-13)15-9(2)10(3)18-11(15)4/h8,14,16H,6-7H2,1-5H3. The van der Waals surface area contributed by atoms with Crippen molar-refractivity contribution in [3.05, 3.63) is 38.7 Å². The van der Waals surface area contributed by atoms with Crippen molar-refractivity contribution in [2.75, 3.05) is 6.54 Å². The SMILES string of the molecule is CCNC(Cc1csc(C)n1)c1c(C)oc(C)c1C. The third-order valence-corrected chi connectivity index (χ3v) is 4.32. The highest BCUT2D eigenvalue weighted by Crippen LogP contribution is 2.29. The molecule has 0 bridgehead atoms. The van der Waals surface area contributed by atoms with Gasteiger partial charge in [0.1, 0.15) is 11.5 Å². The maximum absolute atomic E-state index is 5.76. The molecule has 4 heteroatoms. The fourth-order valence-electron chi connectivity index (χ4n) is 2.56. The quantitative estimate of drug-likeness (QED) is 0.902. The third-order valence-electron chi connectivity index (χ3n) is 3.50. The molecule has 0 aliphatic carbocycles. The van der Waals surface area contributed by atoms with Gasteiger partial charge in [-0.15, -0.1) is 11.3 Å². The van der Waals surface area contributed by atoms with Crippen LogP contribution in [0.15, 0.2) is 9.80 Å². The number of furan rings is 1. The molecule has 1 unspecified atom stereocenters.